The van der Waals surface area contributed by atoms with Crippen LogP contribution in [-0.2, 0) is 16.3 Å². The summed E-state index contributed by atoms with van der Waals surface area (Å²) in [5, 5.41) is 8.91. The van der Waals surface area contributed by atoms with E-state index in [2.05, 4.69) is 0 Å². The highest BCUT2D eigenvalue weighted by Gasteiger charge is 2.15. The first-order valence-electron chi connectivity index (χ1n) is 4.77. The Bertz CT molecular complexity index is 461. The molecule has 84 valence electrons. The van der Waals surface area contributed by atoms with Gasteiger partial charge in [-0.15, -0.1) is 0 Å². The van der Waals surface area contributed by atoms with Gasteiger partial charge in [0, 0.05) is 12.9 Å². The molecule has 0 atom stereocenters. The predicted molar refractivity (Wildman–Crippen MR) is 59.8 cm³/mol. The van der Waals surface area contributed by atoms with Crippen LogP contribution in [-0.4, -0.2) is 26.4 Å². The third-order valence-corrected chi connectivity index (χ3v) is 3.50. The smallest absolute Gasteiger partial charge is 0.175 e. The van der Waals surface area contributed by atoms with E-state index in [-0.39, 0.29) is 6.61 Å². The minimum absolute atomic E-state index is 0.0353. The first kappa shape index (κ1) is 12.2. The second-order valence-corrected chi connectivity index (χ2v) is 5.79. The van der Waals surface area contributed by atoms with E-state index in [0.717, 1.165) is 16.7 Å². The molecular formula is C11H16O3S. The Morgan fingerprint density at radius 3 is 2.33 bits per heavy atom. The molecule has 0 aliphatic rings. The lowest BCUT2D eigenvalue weighted by Gasteiger charge is -2.11. The summed E-state index contributed by atoms with van der Waals surface area (Å²) < 4.78 is 23.1. The predicted octanol–water partition coefficient (Wildman–Crippen LogP) is 1.24. The highest BCUT2D eigenvalue weighted by atomic mass is 32.2. The van der Waals surface area contributed by atoms with Crippen LogP contribution in [0.1, 0.15) is 16.7 Å². The highest BCUT2D eigenvalue weighted by molar-refractivity contribution is 7.90. The number of aliphatic hydroxyl groups is 1. The maximum absolute atomic E-state index is 11.6. The van der Waals surface area contributed by atoms with Crippen molar-refractivity contribution in [3.8, 4) is 0 Å². The van der Waals surface area contributed by atoms with Crippen molar-refractivity contribution in [2.45, 2.75) is 25.2 Å². The fourth-order valence-corrected chi connectivity index (χ4v) is 2.83. The van der Waals surface area contributed by atoms with Crippen LogP contribution < -0.4 is 0 Å². The van der Waals surface area contributed by atoms with Gasteiger partial charge in [-0.05, 0) is 43.0 Å². The third-order valence-electron chi connectivity index (χ3n) is 2.34. The molecule has 3 nitrogen and oxygen atoms in total. The number of rotatable bonds is 3. The van der Waals surface area contributed by atoms with Crippen molar-refractivity contribution >= 4 is 9.84 Å². The molecule has 0 spiro atoms. The van der Waals surface area contributed by atoms with Crippen LogP contribution in [0.5, 0.6) is 0 Å². The minimum Gasteiger partial charge on any atom is -0.396 e. The summed E-state index contributed by atoms with van der Waals surface area (Å²) in [5.74, 6) is 0. The molecule has 0 aliphatic carbocycles. The summed E-state index contributed by atoms with van der Waals surface area (Å²) in [6.07, 6.45) is 1.58. The molecule has 1 aromatic rings. The van der Waals surface area contributed by atoms with Crippen LogP contribution in [0.2, 0.25) is 0 Å². The summed E-state index contributed by atoms with van der Waals surface area (Å²) in [5.41, 5.74) is 2.57. The van der Waals surface area contributed by atoms with Crippen LogP contribution in [0.4, 0.5) is 0 Å². The molecule has 1 N–H and O–H groups in total. The number of hydrogen-bond acceptors (Lipinski definition) is 3. The summed E-state index contributed by atoms with van der Waals surface area (Å²) in [6, 6.07) is 3.59. The zero-order chi connectivity index (χ0) is 11.6. The van der Waals surface area contributed by atoms with Crippen LogP contribution in [0.25, 0.3) is 0 Å². The van der Waals surface area contributed by atoms with Gasteiger partial charge in [-0.3, -0.25) is 0 Å². The number of benzene rings is 1. The Morgan fingerprint density at radius 1 is 1.27 bits per heavy atom. The molecule has 0 aromatic heterocycles. The summed E-state index contributed by atoms with van der Waals surface area (Å²) >= 11 is 0. The molecule has 0 heterocycles. The van der Waals surface area contributed by atoms with Gasteiger partial charge in [-0.1, -0.05) is 6.07 Å². The van der Waals surface area contributed by atoms with Gasteiger partial charge in [-0.2, -0.15) is 0 Å². The van der Waals surface area contributed by atoms with Crippen molar-refractivity contribution < 1.29 is 13.5 Å². The van der Waals surface area contributed by atoms with Crippen LogP contribution in [0.3, 0.4) is 0 Å². The van der Waals surface area contributed by atoms with Gasteiger partial charge in [0.1, 0.15) is 0 Å². The van der Waals surface area contributed by atoms with Crippen molar-refractivity contribution in [2.24, 2.45) is 0 Å². The van der Waals surface area contributed by atoms with E-state index >= 15 is 0 Å². The Kier molecular flexibility index (Phi) is 3.52. The lowest BCUT2D eigenvalue weighted by Crippen LogP contribution is -2.07. The lowest BCUT2D eigenvalue weighted by atomic mass is 10.0. The molecule has 0 aliphatic heterocycles. The Morgan fingerprint density at radius 2 is 1.87 bits per heavy atom. The van der Waals surface area contributed by atoms with Crippen molar-refractivity contribution in [2.75, 3.05) is 12.9 Å². The molecule has 15 heavy (non-hydrogen) atoms. The van der Waals surface area contributed by atoms with Crippen LogP contribution in [0.15, 0.2) is 17.0 Å². The fourth-order valence-electron chi connectivity index (χ4n) is 1.72. The normalized spacial score (nSPS) is 11.7. The molecule has 0 unspecified atom stereocenters. The molecule has 0 fully saturated rings. The number of aryl methyl sites for hydroxylation is 2. The number of aliphatic hydroxyl groups excluding tert-OH is 1. The number of hydrogen-bond donors (Lipinski definition) is 1. The van der Waals surface area contributed by atoms with Gasteiger partial charge in [0.15, 0.2) is 9.84 Å². The lowest BCUT2D eigenvalue weighted by molar-refractivity contribution is 0.298. The molecule has 0 bridgehead atoms. The van der Waals surface area contributed by atoms with E-state index in [1.54, 1.807) is 6.07 Å². The standard InChI is InChI=1S/C11H16O3S/c1-8-6-9(2)10(4-5-12)11(7-8)15(3,13)14/h6-7,12H,4-5H2,1-3H3. The van der Waals surface area contributed by atoms with Gasteiger partial charge >= 0.3 is 0 Å². The second kappa shape index (κ2) is 4.33. The molecule has 0 radical (unpaired) electrons. The van der Waals surface area contributed by atoms with Crippen molar-refractivity contribution in [3.05, 3.63) is 28.8 Å². The second-order valence-electron chi connectivity index (χ2n) is 3.80. The van der Waals surface area contributed by atoms with E-state index in [0.29, 0.717) is 11.3 Å². The fraction of sp³-hybridized carbons (Fsp3) is 0.455. The van der Waals surface area contributed by atoms with E-state index in [4.69, 9.17) is 5.11 Å². The SMILES string of the molecule is Cc1cc(C)c(CCO)c(S(C)(=O)=O)c1. The van der Waals surface area contributed by atoms with E-state index in [1.165, 1.54) is 6.26 Å². The zero-order valence-electron chi connectivity index (χ0n) is 9.24. The molecule has 0 amide bonds. The molecule has 0 saturated carbocycles. The molecular weight excluding hydrogens is 212 g/mol. The first-order chi connectivity index (χ1) is 6.86. The maximum atomic E-state index is 11.6. The van der Waals surface area contributed by atoms with E-state index in [9.17, 15) is 8.42 Å². The molecule has 0 saturated heterocycles. The number of sulfone groups is 1. The summed E-state index contributed by atoms with van der Waals surface area (Å²) in [4.78, 5) is 0.342. The third kappa shape index (κ3) is 2.79. The van der Waals surface area contributed by atoms with Gasteiger partial charge < -0.3 is 5.11 Å². The molecule has 1 aromatic carbocycles. The van der Waals surface area contributed by atoms with Crippen molar-refractivity contribution in [1.29, 1.82) is 0 Å². The van der Waals surface area contributed by atoms with Crippen LogP contribution >= 0.6 is 0 Å². The van der Waals surface area contributed by atoms with Gasteiger partial charge in [-0.25, -0.2) is 8.42 Å². The van der Waals surface area contributed by atoms with Gasteiger partial charge in [0.05, 0.1) is 4.90 Å². The topological polar surface area (TPSA) is 54.4 Å². The monoisotopic (exact) mass is 228 g/mol. The van der Waals surface area contributed by atoms with Gasteiger partial charge in [0.25, 0.3) is 0 Å². The average molecular weight is 228 g/mol. The summed E-state index contributed by atoms with van der Waals surface area (Å²) in [6.45, 7) is 3.70. The van der Waals surface area contributed by atoms with E-state index in [1.807, 2.05) is 19.9 Å². The molecule has 4 heteroatoms. The Balaban J connectivity index is 3.47. The maximum Gasteiger partial charge on any atom is 0.175 e. The average Bonchev–Trinajstić information content (AvgIpc) is 2.07. The minimum atomic E-state index is -3.21. The van der Waals surface area contributed by atoms with Gasteiger partial charge in [0.2, 0.25) is 0 Å². The Labute approximate surface area is 90.7 Å². The molecule has 1 rings (SSSR count). The summed E-state index contributed by atoms with van der Waals surface area (Å²) in [7, 11) is -3.21. The highest BCUT2D eigenvalue weighted by Crippen LogP contribution is 2.22. The largest absolute Gasteiger partial charge is 0.396 e. The first-order valence-corrected chi connectivity index (χ1v) is 6.66. The van der Waals surface area contributed by atoms with Crippen molar-refractivity contribution in [1.82, 2.24) is 0 Å². The quantitative estimate of drug-likeness (QED) is 0.847. The van der Waals surface area contributed by atoms with E-state index < -0.39 is 9.84 Å². The Hall–Kier alpha value is -0.870. The van der Waals surface area contributed by atoms with Crippen LogP contribution in [0, 0.1) is 13.8 Å². The zero-order valence-corrected chi connectivity index (χ0v) is 10.1. The van der Waals surface area contributed by atoms with Crippen molar-refractivity contribution in [3.63, 3.8) is 0 Å².